The maximum atomic E-state index is 9.24. The van der Waals surface area contributed by atoms with Crippen molar-refractivity contribution in [2.45, 2.75) is 0 Å². The van der Waals surface area contributed by atoms with Gasteiger partial charge in [0, 0.05) is 16.6 Å². The van der Waals surface area contributed by atoms with E-state index in [1.807, 2.05) is 6.07 Å². The highest BCUT2D eigenvalue weighted by Crippen LogP contribution is 2.30. The first-order valence-corrected chi connectivity index (χ1v) is 6.11. The van der Waals surface area contributed by atoms with Crippen LogP contribution in [-0.2, 0) is 0 Å². The predicted octanol–water partition coefficient (Wildman–Crippen LogP) is 4.39. The molecule has 0 radical (unpaired) electrons. The third-order valence-electron chi connectivity index (χ3n) is 2.73. The van der Waals surface area contributed by atoms with E-state index in [0.717, 1.165) is 10.9 Å². The lowest BCUT2D eigenvalue weighted by Crippen LogP contribution is -1.87. The van der Waals surface area contributed by atoms with Crippen molar-refractivity contribution in [3.63, 3.8) is 0 Å². The second-order valence-electron chi connectivity index (χ2n) is 4.07. The summed E-state index contributed by atoms with van der Waals surface area (Å²) in [6.45, 7) is 0. The van der Waals surface area contributed by atoms with Gasteiger partial charge >= 0.3 is 0 Å². The number of ether oxygens (including phenoxy) is 1. The topological polar surface area (TPSA) is 42.4 Å². The zero-order chi connectivity index (χ0) is 13.2. The smallest absolute Gasteiger partial charge is 0.138 e. The van der Waals surface area contributed by atoms with E-state index < -0.39 is 0 Å². The van der Waals surface area contributed by atoms with Gasteiger partial charge in [-0.05, 0) is 48.5 Å². The maximum absolute atomic E-state index is 9.24. The van der Waals surface area contributed by atoms with Crippen molar-refractivity contribution in [1.82, 2.24) is 4.98 Å². The average molecular weight is 272 g/mol. The summed E-state index contributed by atoms with van der Waals surface area (Å²) in [5.74, 6) is 1.56. The number of phenolic OH excluding ortho intramolecular Hbond substituents is 1. The molecule has 2 aromatic carbocycles. The second kappa shape index (κ2) is 4.78. The molecular weight excluding hydrogens is 262 g/mol. The Morgan fingerprint density at radius 2 is 1.79 bits per heavy atom. The summed E-state index contributed by atoms with van der Waals surface area (Å²) < 4.78 is 5.79. The van der Waals surface area contributed by atoms with Gasteiger partial charge in [-0.25, -0.2) is 0 Å². The first kappa shape index (κ1) is 11.8. The van der Waals surface area contributed by atoms with Gasteiger partial charge < -0.3 is 9.84 Å². The van der Waals surface area contributed by atoms with Crippen molar-refractivity contribution < 1.29 is 9.84 Å². The number of phenols is 1. The number of hydrogen-bond acceptors (Lipinski definition) is 3. The number of aromatic hydroxyl groups is 1. The largest absolute Gasteiger partial charge is 0.508 e. The first-order valence-electron chi connectivity index (χ1n) is 5.73. The van der Waals surface area contributed by atoms with Crippen LogP contribution in [0.5, 0.6) is 17.2 Å². The molecule has 0 bridgehead atoms. The SMILES string of the molecule is Oc1ccc(Oc2ccnc3cc(Cl)ccc23)cc1. The lowest BCUT2D eigenvalue weighted by atomic mass is 10.2. The van der Waals surface area contributed by atoms with E-state index in [4.69, 9.17) is 16.3 Å². The van der Waals surface area contributed by atoms with Gasteiger partial charge in [0.15, 0.2) is 0 Å². The van der Waals surface area contributed by atoms with Crippen LogP contribution in [0, 0.1) is 0 Å². The molecule has 0 fully saturated rings. The number of fused-ring (bicyclic) bond motifs is 1. The van der Waals surface area contributed by atoms with Crippen molar-refractivity contribution in [2.24, 2.45) is 0 Å². The fraction of sp³-hybridized carbons (Fsp3) is 0. The van der Waals surface area contributed by atoms with E-state index in [-0.39, 0.29) is 5.75 Å². The molecule has 3 aromatic rings. The van der Waals surface area contributed by atoms with Crippen LogP contribution in [0.2, 0.25) is 5.02 Å². The van der Waals surface area contributed by atoms with Gasteiger partial charge in [-0.3, -0.25) is 4.98 Å². The molecule has 1 N–H and O–H groups in total. The second-order valence-corrected chi connectivity index (χ2v) is 4.50. The summed E-state index contributed by atoms with van der Waals surface area (Å²) in [6, 6.07) is 13.8. The number of hydrogen-bond donors (Lipinski definition) is 1. The first-order chi connectivity index (χ1) is 9.22. The van der Waals surface area contributed by atoms with Gasteiger partial charge in [-0.15, -0.1) is 0 Å². The minimum atomic E-state index is 0.207. The zero-order valence-electron chi connectivity index (χ0n) is 9.88. The van der Waals surface area contributed by atoms with Crippen molar-refractivity contribution in [3.8, 4) is 17.2 Å². The number of pyridine rings is 1. The molecular formula is C15H10ClNO2. The Bertz CT molecular complexity index is 726. The average Bonchev–Trinajstić information content (AvgIpc) is 2.41. The van der Waals surface area contributed by atoms with Crippen LogP contribution in [0.25, 0.3) is 10.9 Å². The third kappa shape index (κ3) is 2.46. The normalized spacial score (nSPS) is 10.6. The standard InChI is InChI=1S/C15H10ClNO2/c16-10-1-6-13-14(9-10)17-8-7-15(13)19-12-4-2-11(18)3-5-12/h1-9,18H. The fourth-order valence-electron chi connectivity index (χ4n) is 1.83. The number of aromatic nitrogens is 1. The lowest BCUT2D eigenvalue weighted by Gasteiger charge is -2.08. The van der Waals surface area contributed by atoms with Crippen molar-refractivity contribution in [3.05, 3.63) is 59.8 Å². The van der Waals surface area contributed by atoms with Gasteiger partial charge in [-0.1, -0.05) is 11.6 Å². The van der Waals surface area contributed by atoms with Crippen molar-refractivity contribution >= 4 is 22.5 Å². The lowest BCUT2D eigenvalue weighted by molar-refractivity contribution is 0.466. The number of benzene rings is 2. The number of rotatable bonds is 2. The molecule has 0 unspecified atom stereocenters. The Labute approximate surface area is 115 Å². The summed E-state index contributed by atoms with van der Waals surface area (Å²) >= 11 is 5.94. The highest BCUT2D eigenvalue weighted by molar-refractivity contribution is 6.31. The quantitative estimate of drug-likeness (QED) is 0.752. The van der Waals surface area contributed by atoms with E-state index in [1.54, 1.807) is 48.7 Å². The molecule has 0 saturated heterocycles. The molecule has 0 spiro atoms. The van der Waals surface area contributed by atoms with Crippen LogP contribution in [0.1, 0.15) is 0 Å². The van der Waals surface area contributed by atoms with Crippen LogP contribution < -0.4 is 4.74 Å². The van der Waals surface area contributed by atoms with Gasteiger partial charge in [0.05, 0.1) is 5.52 Å². The van der Waals surface area contributed by atoms with Gasteiger partial charge in [0.25, 0.3) is 0 Å². The molecule has 3 rings (SSSR count). The van der Waals surface area contributed by atoms with E-state index in [0.29, 0.717) is 16.5 Å². The molecule has 4 heteroatoms. The maximum Gasteiger partial charge on any atom is 0.138 e. The Morgan fingerprint density at radius 3 is 2.58 bits per heavy atom. The van der Waals surface area contributed by atoms with E-state index in [1.165, 1.54) is 0 Å². The van der Waals surface area contributed by atoms with Crippen LogP contribution in [0.3, 0.4) is 0 Å². The Hall–Kier alpha value is -2.26. The predicted molar refractivity (Wildman–Crippen MR) is 74.9 cm³/mol. The molecule has 19 heavy (non-hydrogen) atoms. The van der Waals surface area contributed by atoms with Crippen LogP contribution >= 0.6 is 11.6 Å². The minimum absolute atomic E-state index is 0.207. The van der Waals surface area contributed by atoms with Gasteiger partial charge in [0.2, 0.25) is 0 Å². The van der Waals surface area contributed by atoms with E-state index in [9.17, 15) is 5.11 Å². The van der Waals surface area contributed by atoms with E-state index in [2.05, 4.69) is 4.98 Å². The zero-order valence-corrected chi connectivity index (χ0v) is 10.6. The summed E-state index contributed by atoms with van der Waals surface area (Å²) in [7, 11) is 0. The highest BCUT2D eigenvalue weighted by atomic mass is 35.5. The summed E-state index contributed by atoms with van der Waals surface area (Å²) in [4.78, 5) is 4.25. The van der Waals surface area contributed by atoms with Crippen LogP contribution in [0.4, 0.5) is 0 Å². The molecule has 1 aromatic heterocycles. The monoisotopic (exact) mass is 271 g/mol. The Balaban J connectivity index is 2.03. The summed E-state index contributed by atoms with van der Waals surface area (Å²) in [6.07, 6.45) is 1.68. The van der Waals surface area contributed by atoms with Crippen LogP contribution in [0.15, 0.2) is 54.7 Å². The minimum Gasteiger partial charge on any atom is -0.508 e. The Morgan fingerprint density at radius 1 is 1.00 bits per heavy atom. The van der Waals surface area contributed by atoms with E-state index >= 15 is 0 Å². The number of halogens is 1. The molecule has 0 aliphatic carbocycles. The van der Waals surface area contributed by atoms with Crippen molar-refractivity contribution in [2.75, 3.05) is 0 Å². The highest BCUT2D eigenvalue weighted by Gasteiger charge is 2.05. The van der Waals surface area contributed by atoms with Gasteiger partial charge in [0.1, 0.15) is 17.2 Å². The molecule has 0 aliphatic rings. The number of nitrogens with zero attached hydrogens (tertiary/aromatic N) is 1. The molecule has 1 heterocycles. The molecule has 94 valence electrons. The van der Waals surface area contributed by atoms with Crippen LogP contribution in [-0.4, -0.2) is 10.1 Å². The Kier molecular flexibility index (Phi) is 2.97. The van der Waals surface area contributed by atoms with Crippen molar-refractivity contribution in [1.29, 1.82) is 0 Å². The molecule has 3 nitrogen and oxygen atoms in total. The van der Waals surface area contributed by atoms with Gasteiger partial charge in [-0.2, -0.15) is 0 Å². The molecule has 0 atom stereocenters. The summed E-state index contributed by atoms with van der Waals surface area (Å²) in [5, 5.41) is 10.8. The summed E-state index contributed by atoms with van der Waals surface area (Å²) in [5.41, 5.74) is 0.781. The molecule has 0 saturated carbocycles. The molecule has 0 aliphatic heterocycles. The fourth-order valence-corrected chi connectivity index (χ4v) is 1.99. The molecule has 0 amide bonds. The third-order valence-corrected chi connectivity index (χ3v) is 2.96.